The molecule has 0 unspecified atom stereocenters. The summed E-state index contributed by atoms with van der Waals surface area (Å²) in [6.45, 7) is 0. The number of para-hydroxylation sites is 1. The Morgan fingerprint density at radius 2 is 1.04 bits per heavy atom. The number of allylic oxidation sites excluding steroid dienone is 1. The van der Waals surface area contributed by atoms with Crippen molar-refractivity contribution in [2.24, 2.45) is 0 Å². The van der Waals surface area contributed by atoms with E-state index < -0.39 is 0 Å². The highest BCUT2D eigenvalue weighted by molar-refractivity contribution is 6.22. The lowest BCUT2D eigenvalue weighted by atomic mass is 9.89. The smallest absolute Gasteiger partial charge is 0.160 e. The molecule has 3 heteroatoms. The molecule has 56 heavy (non-hydrogen) atoms. The third-order valence-corrected chi connectivity index (χ3v) is 11.3. The SMILES string of the molecule is C1=Cc2cc(-c3nc(-c4ccccc4)nc(-c4ccc5ccccc5c4)c3-c3ccc(-c4nc5ccccc5c5c4ccc4ccccc45)cc3)ccc2CC1. The van der Waals surface area contributed by atoms with E-state index in [2.05, 4.69) is 182 Å². The zero-order valence-electron chi connectivity index (χ0n) is 30.7. The number of nitrogens with zero attached hydrogens (tertiary/aromatic N) is 3. The minimum absolute atomic E-state index is 0.705. The Morgan fingerprint density at radius 1 is 0.393 bits per heavy atom. The summed E-state index contributed by atoms with van der Waals surface area (Å²) in [5, 5.41) is 8.38. The van der Waals surface area contributed by atoms with E-state index in [1.54, 1.807) is 0 Å². The van der Waals surface area contributed by atoms with Crippen molar-refractivity contribution in [1.29, 1.82) is 0 Å². The maximum absolute atomic E-state index is 5.42. The third kappa shape index (κ3) is 5.48. The summed E-state index contributed by atoms with van der Waals surface area (Å²) < 4.78 is 0. The van der Waals surface area contributed by atoms with Crippen LogP contribution in [0.15, 0.2) is 182 Å². The lowest BCUT2D eigenvalue weighted by molar-refractivity contribution is 0.986. The molecule has 0 atom stereocenters. The molecular weight excluding hydrogens is 679 g/mol. The number of benzene rings is 8. The summed E-state index contributed by atoms with van der Waals surface area (Å²) in [5.74, 6) is 0.705. The maximum atomic E-state index is 5.42. The fraction of sp³-hybridized carbons (Fsp3) is 0.0377. The van der Waals surface area contributed by atoms with E-state index in [0.29, 0.717) is 5.82 Å². The monoisotopic (exact) mass is 713 g/mol. The van der Waals surface area contributed by atoms with Gasteiger partial charge in [0.15, 0.2) is 5.82 Å². The van der Waals surface area contributed by atoms with Crippen LogP contribution in [0.3, 0.4) is 0 Å². The van der Waals surface area contributed by atoms with Gasteiger partial charge in [0.05, 0.1) is 22.6 Å². The molecule has 0 amide bonds. The fourth-order valence-electron chi connectivity index (χ4n) is 8.52. The topological polar surface area (TPSA) is 38.7 Å². The second-order valence-corrected chi connectivity index (χ2v) is 14.7. The minimum Gasteiger partial charge on any atom is -0.247 e. The number of fused-ring (bicyclic) bond motifs is 7. The normalized spacial score (nSPS) is 12.4. The molecule has 0 N–H and O–H groups in total. The van der Waals surface area contributed by atoms with Crippen LogP contribution in [0.2, 0.25) is 0 Å². The molecule has 3 nitrogen and oxygen atoms in total. The quantitative estimate of drug-likeness (QED) is 0.167. The van der Waals surface area contributed by atoms with E-state index in [4.69, 9.17) is 15.0 Å². The minimum atomic E-state index is 0.705. The molecule has 8 aromatic carbocycles. The highest BCUT2D eigenvalue weighted by Gasteiger charge is 2.22. The third-order valence-electron chi connectivity index (χ3n) is 11.3. The van der Waals surface area contributed by atoms with Crippen molar-refractivity contribution in [3.8, 4) is 56.3 Å². The van der Waals surface area contributed by atoms with Gasteiger partial charge in [0.2, 0.25) is 0 Å². The average molecular weight is 714 g/mol. The Labute approximate surface area is 325 Å². The lowest BCUT2D eigenvalue weighted by Gasteiger charge is -2.19. The van der Waals surface area contributed by atoms with Crippen LogP contribution in [-0.2, 0) is 6.42 Å². The van der Waals surface area contributed by atoms with E-state index in [9.17, 15) is 0 Å². The summed E-state index contributed by atoms with van der Waals surface area (Å²) in [7, 11) is 0. The first-order valence-electron chi connectivity index (χ1n) is 19.3. The summed E-state index contributed by atoms with van der Waals surface area (Å²) >= 11 is 0. The summed E-state index contributed by atoms with van der Waals surface area (Å²) in [6.07, 6.45) is 6.65. The molecule has 0 fully saturated rings. The number of rotatable bonds is 5. The predicted molar refractivity (Wildman–Crippen MR) is 234 cm³/mol. The Kier molecular flexibility index (Phi) is 7.63. The Bertz CT molecular complexity index is 3160. The number of aromatic nitrogens is 3. The van der Waals surface area contributed by atoms with E-state index in [-0.39, 0.29) is 0 Å². The number of pyridine rings is 1. The van der Waals surface area contributed by atoms with Crippen molar-refractivity contribution in [2.45, 2.75) is 12.8 Å². The molecule has 11 rings (SSSR count). The Hall–Kier alpha value is -7.23. The highest BCUT2D eigenvalue weighted by Crippen LogP contribution is 2.43. The van der Waals surface area contributed by atoms with Gasteiger partial charge in [0.1, 0.15) is 0 Å². The number of hydrogen-bond acceptors (Lipinski definition) is 3. The Morgan fingerprint density at radius 3 is 1.88 bits per heavy atom. The fourth-order valence-corrected chi connectivity index (χ4v) is 8.52. The standard InChI is InChI=1S/C53H35N3/c1-2-15-39(16-3-1)53-55-51(42-28-22-34-12-4-6-17-40(34)32-42)48(52(56-53)43-29-23-35-13-5-7-18-41(35)33-43)37-24-26-38(27-25-37)50-46-31-30-36-14-8-9-19-44(36)49(46)45-20-10-11-21-47(45)54-50/h1-4,6-12,14-33H,5,13H2. The average Bonchev–Trinajstić information content (AvgIpc) is 3.28. The van der Waals surface area contributed by atoms with Crippen LogP contribution in [0.25, 0.3) is 106 Å². The van der Waals surface area contributed by atoms with Gasteiger partial charge in [-0.1, -0.05) is 170 Å². The predicted octanol–water partition coefficient (Wildman–Crippen LogP) is 13.8. The molecular formula is C53H35N3. The van der Waals surface area contributed by atoms with E-state index in [1.807, 2.05) is 6.07 Å². The molecule has 262 valence electrons. The van der Waals surface area contributed by atoms with Crippen LogP contribution in [0.1, 0.15) is 17.5 Å². The van der Waals surface area contributed by atoms with Gasteiger partial charge in [-0.15, -0.1) is 0 Å². The second-order valence-electron chi connectivity index (χ2n) is 14.7. The second kappa shape index (κ2) is 13.3. The largest absolute Gasteiger partial charge is 0.247 e. The lowest BCUT2D eigenvalue weighted by Crippen LogP contribution is -2.02. The van der Waals surface area contributed by atoms with Crippen molar-refractivity contribution >= 4 is 49.3 Å². The molecule has 0 spiro atoms. The van der Waals surface area contributed by atoms with Gasteiger partial charge in [0.25, 0.3) is 0 Å². The first-order valence-corrected chi connectivity index (χ1v) is 19.3. The van der Waals surface area contributed by atoms with Gasteiger partial charge in [-0.05, 0) is 69.3 Å². The van der Waals surface area contributed by atoms with Crippen LogP contribution in [0.5, 0.6) is 0 Å². The van der Waals surface area contributed by atoms with E-state index in [1.165, 1.54) is 43.4 Å². The molecule has 1 aliphatic carbocycles. The number of aryl methyl sites for hydroxylation is 1. The molecule has 1 aliphatic rings. The van der Waals surface area contributed by atoms with Gasteiger partial charge in [-0.3, -0.25) is 0 Å². The van der Waals surface area contributed by atoms with Gasteiger partial charge in [-0.2, -0.15) is 0 Å². The molecule has 2 heterocycles. The van der Waals surface area contributed by atoms with Gasteiger partial charge in [-0.25, -0.2) is 15.0 Å². The van der Waals surface area contributed by atoms with Crippen molar-refractivity contribution in [3.05, 3.63) is 193 Å². The summed E-state index contributed by atoms with van der Waals surface area (Å²) in [6, 6.07) is 62.8. The Balaban J connectivity index is 1.16. The molecule has 2 aromatic heterocycles. The van der Waals surface area contributed by atoms with Gasteiger partial charge < -0.3 is 0 Å². The summed E-state index contributed by atoms with van der Waals surface area (Å²) in [5.41, 5.74) is 12.6. The summed E-state index contributed by atoms with van der Waals surface area (Å²) in [4.78, 5) is 16.1. The first kappa shape index (κ1) is 32.2. The molecule has 0 radical (unpaired) electrons. The van der Waals surface area contributed by atoms with Crippen molar-refractivity contribution < 1.29 is 0 Å². The zero-order valence-corrected chi connectivity index (χ0v) is 30.7. The van der Waals surface area contributed by atoms with Crippen molar-refractivity contribution in [1.82, 2.24) is 15.0 Å². The zero-order chi connectivity index (χ0) is 37.0. The van der Waals surface area contributed by atoms with Crippen LogP contribution in [0.4, 0.5) is 0 Å². The molecule has 10 aromatic rings. The first-order chi connectivity index (χ1) is 27.7. The molecule has 0 saturated carbocycles. The van der Waals surface area contributed by atoms with Crippen LogP contribution in [0, 0.1) is 0 Å². The van der Waals surface area contributed by atoms with Crippen LogP contribution in [-0.4, -0.2) is 15.0 Å². The number of hydrogen-bond donors (Lipinski definition) is 0. The van der Waals surface area contributed by atoms with Crippen molar-refractivity contribution in [3.63, 3.8) is 0 Å². The van der Waals surface area contributed by atoms with E-state index >= 15 is 0 Å². The van der Waals surface area contributed by atoms with Crippen LogP contribution < -0.4 is 0 Å². The van der Waals surface area contributed by atoms with Crippen LogP contribution >= 0.6 is 0 Å². The molecule has 0 saturated heterocycles. The van der Waals surface area contributed by atoms with Gasteiger partial charge >= 0.3 is 0 Å². The van der Waals surface area contributed by atoms with E-state index in [0.717, 1.165) is 74.2 Å². The van der Waals surface area contributed by atoms with Gasteiger partial charge in [0, 0.05) is 44.0 Å². The molecule has 0 bridgehead atoms. The highest BCUT2D eigenvalue weighted by atomic mass is 14.9. The maximum Gasteiger partial charge on any atom is 0.160 e. The van der Waals surface area contributed by atoms with Crippen molar-refractivity contribution in [2.75, 3.05) is 0 Å². The molecule has 0 aliphatic heterocycles.